The number of aliphatic hydroxyl groups is 6. The third-order valence-corrected chi connectivity index (χ3v) is 11.3. The minimum Gasteiger partial charge on any atom is -0.394 e. The predicted octanol–water partition coefficient (Wildman–Crippen LogP) is 7.04. The van der Waals surface area contributed by atoms with Crippen molar-refractivity contribution in [3.63, 3.8) is 0 Å². The number of carbonyl (C=O) groups excluding carboxylic acids is 1. The van der Waals surface area contributed by atoms with Gasteiger partial charge in [-0.3, -0.25) is 4.79 Å². The molecule has 57 heavy (non-hydrogen) atoms. The maximum Gasteiger partial charge on any atom is 0.220 e. The Labute approximate surface area is 345 Å². The van der Waals surface area contributed by atoms with Crippen LogP contribution < -0.4 is 5.32 Å². The molecule has 11 nitrogen and oxygen atoms in total. The number of carbonyl (C=O) groups is 1. The number of nitrogens with one attached hydrogen (secondary N) is 1. The smallest absolute Gasteiger partial charge is 0.220 e. The van der Waals surface area contributed by atoms with Gasteiger partial charge >= 0.3 is 0 Å². The molecule has 1 heterocycles. The van der Waals surface area contributed by atoms with E-state index in [1.54, 1.807) is 0 Å². The normalized spacial score (nSPS) is 21.4. The number of aryl methyl sites for hydroxylation is 1. The third-order valence-electron chi connectivity index (χ3n) is 11.3. The Morgan fingerprint density at radius 2 is 1.16 bits per heavy atom. The number of hydrogen-bond acceptors (Lipinski definition) is 10. The molecular weight excluding hydrogens is 727 g/mol. The second-order valence-corrected chi connectivity index (χ2v) is 16.5. The first-order valence-corrected chi connectivity index (χ1v) is 23.0. The zero-order chi connectivity index (χ0) is 41.4. The fraction of sp³-hybridized carbons (Fsp3) is 0.848. The third kappa shape index (κ3) is 24.2. The number of unbranched alkanes of at least 4 members (excludes halogenated alkanes) is 22. The summed E-state index contributed by atoms with van der Waals surface area (Å²) in [5.41, 5.74) is 1.18. The number of aliphatic hydroxyl groups excluding tert-OH is 6. The van der Waals surface area contributed by atoms with Crippen LogP contribution in [0.25, 0.3) is 0 Å². The molecule has 0 bridgehead atoms. The van der Waals surface area contributed by atoms with Crippen LogP contribution in [0.15, 0.2) is 30.3 Å². The van der Waals surface area contributed by atoms with Crippen LogP contribution in [-0.4, -0.2) is 112 Å². The van der Waals surface area contributed by atoms with Gasteiger partial charge in [0.05, 0.1) is 25.9 Å². The molecule has 1 aromatic rings. The standard InChI is InChI=1S/C46H83NO10/c1-2-3-4-5-6-7-8-9-10-11-12-13-14-15-16-17-18-19-20-21-22-23-27-32-41(50)47-38(35-56-46-45(54)44(53)43(52)40(34-48)57-46)42(51)39(49)36-55-33-28-31-37-29-25-24-26-30-37/h24-26,29-30,38-40,42-46,48-49,51-54H,2-23,27-28,31-36H2,1H3,(H,47,50)/t38-,39+,40+,42-,43-,44-,45+,46-/m0/s1. The average molecular weight is 810 g/mol. The maximum absolute atomic E-state index is 13.0. The monoisotopic (exact) mass is 810 g/mol. The molecule has 0 saturated carbocycles. The Morgan fingerprint density at radius 3 is 1.65 bits per heavy atom. The van der Waals surface area contributed by atoms with Gasteiger partial charge in [-0.2, -0.15) is 0 Å². The van der Waals surface area contributed by atoms with Crippen molar-refractivity contribution in [1.82, 2.24) is 5.32 Å². The number of ether oxygens (including phenoxy) is 3. The summed E-state index contributed by atoms with van der Waals surface area (Å²) in [6.45, 7) is 1.49. The Balaban J connectivity index is 1.58. The van der Waals surface area contributed by atoms with Gasteiger partial charge in [0.1, 0.15) is 36.6 Å². The van der Waals surface area contributed by atoms with Gasteiger partial charge in [-0.15, -0.1) is 0 Å². The summed E-state index contributed by atoms with van der Waals surface area (Å²) in [7, 11) is 0. The van der Waals surface area contributed by atoms with E-state index in [0.29, 0.717) is 13.0 Å². The lowest BCUT2D eigenvalue weighted by atomic mass is 9.99. The van der Waals surface area contributed by atoms with E-state index in [-0.39, 0.29) is 25.5 Å². The van der Waals surface area contributed by atoms with Gasteiger partial charge in [0, 0.05) is 13.0 Å². The van der Waals surface area contributed by atoms with Crippen LogP contribution in [-0.2, 0) is 25.4 Å². The van der Waals surface area contributed by atoms with Crippen LogP contribution in [0.1, 0.15) is 173 Å². The minimum atomic E-state index is -1.64. The molecule has 1 saturated heterocycles. The fourth-order valence-corrected chi connectivity index (χ4v) is 7.57. The van der Waals surface area contributed by atoms with Gasteiger partial charge in [-0.1, -0.05) is 179 Å². The van der Waals surface area contributed by atoms with Crippen molar-refractivity contribution in [2.24, 2.45) is 0 Å². The van der Waals surface area contributed by atoms with Gasteiger partial charge in [0.2, 0.25) is 5.91 Å². The van der Waals surface area contributed by atoms with E-state index in [0.717, 1.165) is 32.1 Å². The highest BCUT2D eigenvalue weighted by Crippen LogP contribution is 2.23. The number of amides is 1. The van der Waals surface area contributed by atoms with Gasteiger partial charge in [-0.05, 0) is 24.8 Å². The van der Waals surface area contributed by atoms with E-state index in [4.69, 9.17) is 14.2 Å². The van der Waals surface area contributed by atoms with Gasteiger partial charge in [-0.25, -0.2) is 0 Å². The Kier molecular flexibility index (Phi) is 30.8. The summed E-state index contributed by atoms with van der Waals surface area (Å²) in [5.74, 6) is -0.309. The van der Waals surface area contributed by atoms with Crippen molar-refractivity contribution in [2.75, 3.05) is 26.4 Å². The van der Waals surface area contributed by atoms with E-state index in [1.807, 2.05) is 30.3 Å². The molecule has 7 N–H and O–H groups in total. The zero-order valence-electron chi connectivity index (χ0n) is 35.5. The molecular formula is C46H83NO10. The molecule has 1 aliphatic heterocycles. The lowest BCUT2D eigenvalue weighted by Gasteiger charge is -2.40. The topological polar surface area (TPSA) is 178 Å². The highest BCUT2D eigenvalue weighted by molar-refractivity contribution is 5.76. The molecule has 0 spiro atoms. The van der Waals surface area contributed by atoms with E-state index in [1.165, 1.54) is 128 Å². The van der Waals surface area contributed by atoms with E-state index < -0.39 is 55.6 Å². The summed E-state index contributed by atoms with van der Waals surface area (Å²) >= 11 is 0. The van der Waals surface area contributed by atoms with Gasteiger partial charge < -0.3 is 50.2 Å². The molecule has 0 unspecified atom stereocenters. The second-order valence-electron chi connectivity index (χ2n) is 16.5. The Bertz CT molecular complexity index is 1060. The Hall–Kier alpha value is -1.67. The van der Waals surface area contributed by atoms with Crippen molar-refractivity contribution in [2.45, 2.75) is 223 Å². The number of rotatable bonds is 37. The van der Waals surface area contributed by atoms with Crippen molar-refractivity contribution < 1.29 is 49.6 Å². The first-order valence-electron chi connectivity index (χ1n) is 23.0. The molecule has 0 aromatic heterocycles. The highest BCUT2D eigenvalue weighted by Gasteiger charge is 2.44. The summed E-state index contributed by atoms with van der Waals surface area (Å²) < 4.78 is 16.7. The van der Waals surface area contributed by atoms with E-state index in [9.17, 15) is 35.4 Å². The molecule has 2 rings (SSSR count). The van der Waals surface area contributed by atoms with E-state index in [2.05, 4.69) is 12.2 Å². The van der Waals surface area contributed by atoms with Gasteiger partial charge in [0.25, 0.3) is 0 Å². The molecule has 1 aromatic carbocycles. The van der Waals surface area contributed by atoms with Crippen LogP contribution in [0.4, 0.5) is 0 Å². The van der Waals surface area contributed by atoms with Crippen molar-refractivity contribution >= 4 is 5.91 Å². The summed E-state index contributed by atoms with van der Waals surface area (Å²) in [5, 5.41) is 64.7. The van der Waals surface area contributed by atoms with Crippen LogP contribution in [0.5, 0.6) is 0 Å². The predicted molar refractivity (Wildman–Crippen MR) is 226 cm³/mol. The fourth-order valence-electron chi connectivity index (χ4n) is 7.57. The summed E-state index contributed by atoms with van der Waals surface area (Å²) in [6, 6.07) is 8.88. The quantitative estimate of drug-likeness (QED) is 0.0345. The lowest BCUT2D eigenvalue weighted by Crippen LogP contribution is -2.60. The SMILES string of the molecule is CCCCCCCCCCCCCCCCCCCCCCCCCC(=O)N[C@@H](CO[C@H]1O[C@H](CO)[C@H](O)[C@H](O)[C@H]1O)[C@H](O)[C@H](O)COCCCc1ccccc1. The summed E-state index contributed by atoms with van der Waals surface area (Å²) in [4.78, 5) is 13.0. The van der Waals surface area contributed by atoms with Crippen LogP contribution in [0.3, 0.4) is 0 Å². The molecule has 1 amide bonds. The molecule has 1 aliphatic rings. The maximum atomic E-state index is 13.0. The minimum absolute atomic E-state index is 0.165. The number of hydrogen-bond donors (Lipinski definition) is 7. The Morgan fingerprint density at radius 1 is 0.667 bits per heavy atom. The lowest BCUT2D eigenvalue weighted by molar-refractivity contribution is -0.303. The molecule has 8 atom stereocenters. The average Bonchev–Trinajstić information content (AvgIpc) is 3.22. The van der Waals surface area contributed by atoms with E-state index >= 15 is 0 Å². The van der Waals surface area contributed by atoms with Crippen LogP contribution >= 0.6 is 0 Å². The van der Waals surface area contributed by atoms with Crippen molar-refractivity contribution in [1.29, 1.82) is 0 Å². The molecule has 332 valence electrons. The van der Waals surface area contributed by atoms with Crippen molar-refractivity contribution in [3.8, 4) is 0 Å². The molecule has 1 fully saturated rings. The molecule has 0 radical (unpaired) electrons. The number of benzene rings is 1. The largest absolute Gasteiger partial charge is 0.394 e. The zero-order valence-corrected chi connectivity index (χ0v) is 35.5. The van der Waals surface area contributed by atoms with Gasteiger partial charge in [0.15, 0.2) is 6.29 Å². The van der Waals surface area contributed by atoms with Crippen molar-refractivity contribution in [3.05, 3.63) is 35.9 Å². The molecule has 0 aliphatic carbocycles. The first kappa shape index (κ1) is 51.5. The molecule has 11 heteroatoms. The first-order chi connectivity index (χ1) is 27.8. The van der Waals surface area contributed by atoms with Crippen LogP contribution in [0, 0.1) is 0 Å². The second kappa shape index (κ2) is 34.1. The van der Waals surface area contributed by atoms with Crippen LogP contribution in [0.2, 0.25) is 0 Å². The highest BCUT2D eigenvalue weighted by atomic mass is 16.7. The summed E-state index contributed by atoms with van der Waals surface area (Å²) in [6.07, 6.45) is 21.4.